The van der Waals surface area contributed by atoms with Crippen LogP contribution in [0.25, 0.3) is 0 Å². The van der Waals surface area contributed by atoms with Crippen molar-refractivity contribution in [3.8, 4) is 0 Å². The summed E-state index contributed by atoms with van der Waals surface area (Å²) in [6, 6.07) is 0. The molecule has 4 rings (SSSR count). The maximum absolute atomic E-state index is 10.8. The first-order valence-corrected chi connectivity index (χ1v) is 7.81. The Kier molecular flexibility index (Phi) is 3.10. The smallest absolute Gasteiger partial charge is 0.0940 e. The second kappa shape index (κ2) is 4.69. The molecular weight excluding hydrogens is 244 g/mol. The Morgan fingerprint density at radius 1 is 1.16 bits per heavy atom. The van der Waals surface area contributed by atoms with E-state index in [0.29, 0.717) is 30.7 Å². The molecule has 1 spiro atoms. The van der Waals surface area contributed by atoms with Gasteiger partial charge in [-0.2, -0.15) is 0 Å². The van der Waals surface area contributed by atoms with Gasteiger partial charge in [-0.05, 0) is 38.0 Å². The standard InChI is InChI=1S/C15H24O4/c16-14(12-7-11-1-2-13(12)19-11)10-3-5-18-15(8-10)4-6-17-9-15/h10-14,16H,1-9H2. The van der Waals surface area contributed by atoms with Crippen LogP contribution in [-0.4, -0.2) is 48.8 Å². The molecule has 0 aliphatic carbocycles. The van der Waals surface area contributed by atoms with Crippen molar-refractivity contribution < 1.29 is 19.3 Å². The van der Waals surface area contributed by atoms with E-state index in [9.17, 15) is 5.11 Å². The first kappa shape index (κ1) is 12.6. The molecule has 4 heteroatoms. The van der Waals surface area contributed by atoms with Gasteiger partial charge in [0.2, 0.25) is 0 Å². The Balaban J connectivity index is 1.43. The van der Waals surface area contributed by atoms with Crippen LogP contribution < -0.4 is 0 Å². The minimum Gasteiger partial charge on any atom is -0.392 e. The molecule has 4 saturated heterocycles. The molecule has 4 aliphatic heterocycles. The van der Waals surface area contributed by atoms with Gasteiger partial charge < -0.3 is 19.3 Å². The Morgan fingerprint density at radius 2 is 2.11 bits per heavy atom. The van der Waals surface area contributed by atoms with Gasteiger partial charge in [0.25, 0.3) is 0 Å². The topological polar surface area (TPSA) is 47.9 Å². The summed E-state index contributed by atoms with van der Waals surface area (Å²) in [7, 11) is 0. The van der Waals surface area contributed by atoms with Crippen LogP contribution in [0.15, 0.2) is 0 Å². The number of hydrogen-bond acceptors (Lipinski definition) is 4. The molecule has 6 atom stereocenters. The summed E-state index contributed by atoms with van der Waals surface area (Å²) >= 11 is 0. The Bertz CT molecular complexity index is 339. The van der Waals surface area contributed by atoms with Crippen molar-refractivity contribution in [2.24, 2.45) is 11.8 Å². The number of aliphatic hydroxyl groups excluding tert-OH is 1. The normalized spacial score (nSPS) is 51.0. The summed E-state index contributed by atoms with van der Waals surface area (Å²) < 4.78 is 17.4. The van der Waals surface area contributed by atoms with Gasteiger partial charge in [-0.3, -0.25) is 0 Å². The van der Waals surface area contributed by atoms with Crippen molar-refractivity contribution in [2.45, 2.75) is 62.4 Å². The average Bonchev–Trinajstić information content (AvgIpc) is 3.14. The van der Waals surface area contributed by atoms with Crippen LogP contribution in [0, 0.1) is 11.8 Å². The van der Waals surface area contributed by atoms with Crippen LogP contribution in [0.1, 0.15) is 38.5 Å². The number of aliphatic hydroxyl groups is 1. The van der Waals surface area contributed by atoms with Crippen molar-refractivity contribution in [1.82, 2.24) is 0 Å². The van der Waals surface area contributed by atoms with Gasteiger partial charge in [-0.25, -0.2) is 0 Å². The van der Waals surface area contributed by atoms with E-state index in [4.69, 9.17) is 14.2 Å². The summed E-state index contributed by atoms with van der Waals surface area (Å²) in [5.74, 6) is 0.727. The van der Waals surface area contributed by atoms with E-state index in [0.717, 1.165) is 45.3 Å². The van der Waals surface area contributed by atoms with E-state index < -0.39 is 0 Å². The average molecular weight is 268 g/mol. The molecular formula is C15H24O4. The lowest BCUT2D eigenvalue weighted by Gasteiger charge is -2.41. The van der Waals surface area contributed by atoms with Crippen LogP contribution in [0.4, 0.5) is 0 Å². The van der Waals surface area contributed by atoms with E-state index in [1.165, 1.54) is 6.42 Å². The summed E-state index contributed by atoms with van der Waals surface area (Å²) in [6.07, 6.45) is 6.86. The molecule has 2 bridgehead atoms. The molecule has 0 radical (unpaired) electrons. The van der Waals surface area contributed by atoms with Crippen molar-refractivity contribution in [2.75, 3.05) is 19.8 Å². The third kappa shape index (κ3) is 2.13. The molecule has 0 saturated carbocycles. The van der Waals surface area contributed by atoms with Crippen molar-refractivity contribution >= 4 is 0 Å². The molecule has 4 aliphatic rings. The highest BCUT2D eigenvalue weighted by molar-refractivity contribution is 4.98. The lowest BCUT2D eigenvalue weighted by molar-refractivity contribution is -0.126. The maximum Gasteiger partial charge on any atom is 0.0940 e. The number of ether oxygens (including phenoxy) is 3. The molecule has 0 amide bonds. The molecule has 0 aromatic rings. The van der Waals surface area contributed by atoms with Crippen LogP contribution in [0.3, 0.4) is 0 Å². The highest BCUT2D eigenvalue weighted by atomic mass is 16.6. The molecule has 0 aromatic carbocycles. The van der Waals surface area contributed by atoms with Gasteiger partial charge in [-0.15, -0.1) is 0 Å². The van der Waals surface area contributed by atoms with E-state index in [-0.39, 0.29) is 11.7 Å². The quantitative estimate of drug-likeness (QED) is 0.824. The maximum atomic E-state index is 10.8. The van der Waals surface area contributed by atoms with Crippen LogP contribution in [-0.2, 0) is 14.2 Å². The zero-order valence-electron chi connectivity index (χ0n) is 11.4. The minimum absolute atomic E-state index is 0.0949. The number of rotatable bonds is 2. The fraction of sp³-hybridized carbons (Fsp3) is 1.00. The van der Waals surface area contributed by atoms with Gasteiger partial charge in [0.1, 0.15) is 0 Å². The predicted molar refractivity (Wildman–Crippen MR) is 68.9 cm³/mol. The second-order valence-electron chi connectivity index (χ2n) is 6.85. The summed E-state index contributed by atoms with van der Waals surface area (Å²) in [4.78, 5) is 0. The Morgan fingerprint density at radius 3 is 2.79 bits per heavy atom. The monoisotopic (exact) mass is 268 g/mol. The van der Waals surface area contributed by atoms with Gasteiger partial charge in [0.05, 0.1) is 30.5 Å². The fourth-order valence-electron chi connectivity index (χ4n) is 4.61. The molecule has 19 heavy (non-hydrogen) atoms. The van der Waals surface area contributed by atoms with E-state index in [1.807, 2.05) is 0 Å². The van der Waals surface area contributed by atoms with Crippen molar-refractivity contribution in [3.05, 3.63) is 0 Å². The van der Waals surface area contributed by atoms with E-state index in [2.05, 4.69) is 0 Å². The fourth-order valence-corrected chi connectivity index (χ4v) is 4.61. The van der Waals surface area contributed by atoms with Crippen molar-refractivity contribution in [1.29, 1.82) is 0 Å². The molecule has 1 N–H and O–H groups in total. The van der Waals surface area contributed by atoms with Crippen LogP contribution in [0.5, 0.6) is 0 Å². The summed E-state index contributed by atoms with van der Waals surface area (Å²) in [6.45, 7) is 2.29. The zero-order chi connectivity index (χ0) is 12.9. The van der Waals surface area contributed by atoms with E-state index >= 15 is 0 Å². The minimum atomic E-state index is -0.211. The van der Waals surface area contributed by atoms with Gasteiger partial charge >= 0.3 is 0 Å². The Labute approximate surface area is 114 Å². The zero-order valence-corrected chi connectivity index (χ0v) is 11.4. The SMILES string of the molecule is OC(C1CCOC2(CCOC2)C1)C1CC2CCC1O2. The van der Waals surface area contributed by atoms with Gasteiger partial charge in [0, 0.05) is 25.6 Å². The molecule has 0 aromatic heterocycles. The van der Waals surface area contributed by atoms with Crippen molar-refractivity contribution in [3.63, 3.8) is 0 Å². The summed E-state index contributed by atoms with van der Waals surface area (Å²) in [5, 5.41) is 10.8. The first-order chi connectivity index (χ1) is 9.26. The van der Waals surface area contributed by atoms with Gasteiger partial charge in [-0.1, -0.05) is 0 Å². The third-order valence-electron chi connectivity index (χ3n) is 5.67. The molecule has 6 unspecified atom stereocenters. The number of fused-ring (bicyclic) bond motifs is 2. The molecule has 4 nitrogen and oxygen atoms in total. The first-order valence-electron chi connectivity index (χ1n) is 7.81. The Hall–Kier alpha value is -0.160. The number of hydrogen-bond donors (Lipinski definition) is 1. The highest BCUT2D eigenvalue weighted by Gasteiger charge is 2.49. The van der Waals surface area contributed by atoms with E-state index in [1.54, 1.807) is 0 Å². The second-order valence-corrected chi connectivity index (χ2v) is 6.85. The van der Waals surface area contributed by atoms with Crippen LogP contribution >= 0.6 is 0 Å². The van der Waals surface area contributed by atoms with Crippen LogP contribution in [0.2, 0.25) is 0 Å². The lowest BCUT2D eigenvalue weighted by atomic mass is 9.74. The third-order valence-corrected chi connectivity index (χ3v) is 5.67. The lowest BCUT2D eigenvalue weighted by Crippen LogP contribution is -2.46. The summed E-state index contributed by atoms with van der Waals surface area (Å²) in [5.41, 5.74) is -0.0949. The van der Waals surface area contributed by atoms with Gasteiger partial charge in [0.15, 0.2) is 0 Å². The molecule has 108 valence electrons. The largest absolute Gasteiger partial charge is 0.392 e. The highest BCUT2D eigenvalue weighted by Crippen LogP contribution is 2.45. The predicted octanol–water partition coefficient (Wildman–Crippen LogP) is 1.50. The molecule has 4 fully saturated rings. The molecule has 4 heterocycles.